The molecular formula is C11H18BrN5O. The Morgan fingerprint density at radius 1 is 1.44 bits per heavy atom. The average molecular weight is 316 g/mol. The lowest BCUT2D eigenvalue weighted by Gasteiger charge is -2.23. The first-order valence-electron chi connectivity index (χ1n) is 5.77. The molecule has 18 heavy (non-hydrogen) atoms. The Kier molecular flexibility index (Phi) is 5.84. The summed E-state index contributed by atoms with van der Waals surface area (Å²) in [5.41, 5.74) is 0. The highest BCUT2D eigenvalue weighted by atomic mass is 79.9. The molecule has 100 valence electrons. The number of rotatable bonds is 6. The van der Waals surface area contributed by atoms with Gasteiger partial charge >= 0.3 is 0 Å². The summed E-state index contributed by atoms with van der Waals surface area (Å²) in [5, 5.41) is 5.59. The van der Waals surface area contributed by atoms with E-state index < -0.39 is 0 Å². The van der Waals surface area contributed by atoms with Crippen LogP contribution in [0.2, 0.25) is 0 Å². The van der Waals surface area contributed by atoms with E-state index in [1.165, 1.54) is 6.33 Å². The van der Waals surface area contributed by atoms with Crippen molar-refractivity contribution in [3.8, 4) is 0 Å². The summed E-state index contributed by atoms with van der Waals surface area (Å²) in [6.45, 7) is 3.10. The van der Waals surface area contributed by atoms with E-state index in [4.69, 9.17) is 0 Å². The zero-order valence-electron chi connectivity index (χ0n) is 10.8. The molecule has 7 heteroatoms. The molecule has 1 aromatic heterocycles. The summed E-state index contributed by atoms with van der Waals surface area (Å²) < 4.78 is 0.768. The van der Waals surface area contributed by atoms with Gasteiger partial charge in [0.2, 0.25) is 5.91 Å². The summed E-state index contributed by atoms with van der Waals surface area (Å²) in [6, 6.07) is 0. The van der Waals surface area contributed by atoms with Gasteiger partial charge in [-0.2, -0.15) is 0 Å². The van der Waals surface area contributed by atoms with Crippen molar-refractivity contribution in [1.82, 2.24) is 15.3 Å². The van der Waals surface area contributed by atoms with Gasteiger partial charge in [-0.25, -0.2) is 9.97 Å². The number of nitrogens with one attached hydrogen (secondary N) is 2. The zero-order valence-corrected chi connectivity index (χ0v) is 12.4. The number of carbonyl (C=O) groups excluding carboxylic acids is 1. The molecule has 0 aliphatic carbocycles. The molecule has 1 heterocycles. The van der Waals surface area contributed by atoms with Crippen LogP contribution in [0.4, 0.5) is 11.6 Å². The second-order valence-electron chi connectivity index (χ2n) is 3.70. The first kappa shape index (κ1) is 14.7. The largest absolute Gasteiger partial charge is 0.372 e. The van der Waals surface area contributed by atoms with E-state index in [1.807, 2.05) is 4.90 Å². The van der Waals surface area contributed by atoms with E-state index in [0.717, 1.165) is 23.3 Å². The van der Waals surface area contributed by atoms with E-state index in [0.29, 0.717) is 5.82 Å². The van der Waals surface area contributed by atoms with Crippen molar-refractivity contribution in [1.29, 1.82) is 0 Å². The van der Waals surface area contributed by atoms with Gasteiger partial charge in [0.15, 0.2) is 0 Å². The molecule has 0 unspecified atom stereocenters. The second kappa shape index (κ2) is 7.15. The molecular weight excluding hydrogens is 298 g/mol. The van der Waals surface area contributed by atoms with Crippen LogP contribution < -0.4 is 15.5 Å². The molecule has 0 aliphatic heterocycles. The molecule has 1 amide bonds. The van der Waals surface area contributed by atoms with Crippen LogP contribution in [-0.2, 0) is 4.79 Å². The minimum absolute atomic E-state index is 0.0417. The first-order valence-corrected chi connectivity index (χ1v) is 6.57. The Bertz CT molecular complexity index is 412. The summed E-state index contributed by atoms with van der Waals surface area (Å²) in [7, 11) is 3.42. The molecule has 0 saturated heterocycles. The van der Waals surface area contributed by atoms with Crippen molar-refractivity contribution in [3.05, 3.63) is 10.8 Å². The monoisotopic (exact) mass is 315 g/mol. The van der Waals surface area contributed by atoms with Gasteiger partial charge in [0.25, 0.3) is 0 Å². The molecule has 0 fully saturated rings. The average Bonchev–Trinajstić information content (AvgIpc) is 2.38. The molecule has 6 nitrogen and oxygen atoms in total. The molecule has 1 rings (SSSR count). The van der Waals surface area contributed by atoms with E-state index in [2.05, 4.69) is 43.5 Å². The van der Waals surface area contributed by atoms with Crippen LogP contribution >= 0.6 is 15.9 Å². The van der Waals surface area contributed by atoms with Gasteiger partial charge in [-0.1, -0.05) is 6.92 Å². The molecule has 1 aromatic rings. The highest BCUT2D eigenvalue weighted by Gasteiger charge is 2.16. The fourth-order valence-electron chi connectivity index (χ4n) is 1.54. The third-order valence-electron chi connectivity index (χ3n) is 2.41. The Morgan fingerprint density at radius 3 is 2.72 bits per heavy atom. The minimum Gasteiger partial charge on any atom is -0.372 e. The molecule has 0 saturated carbocycles. The van der Waals surface area contributed by atoms with Crippen LogP contribution in [0, 0.1) is 0 Å². The maximum Gasteiger partial charge on any atom is 0.239 e. The van der Waals surface area contributed by atoms with Crippen molar-refractivity contribution in [2.45, 2.75) is 13.3 Å². The lowest BCUT2D eigenvalue weighted by molar-refractivity contribution is -0.119. The maximum absolute atomic E-state index is 11.5. The molecule has 0 spiro atoms. The van der Waals surface area contributed by atoms with E-state index in [-0.39, 0.29) is 12.5 Å². The van der Waals surface area contributed by atoms with Gasteiger partial charge in [-0.3, -0.25) is 4.79 Å². The fraction of sp³-hybridized carbons (Fsp3) is 0.545. The van der Waals surface area contributed by atoms with Crippen LogP contribution in [0.3, 0.4) is 0 Å². The molecule has 2 N–H and O–H groups in total. The molecule has 0 radical (unpaired) electrons. The van der Waals surface area contributed by atoms with Crippen molar-refractivity contribution >= 4 is 33.5 Å². The third-order valence-corrected chi connectivity index (χ3v) is 3.14. The molecule has 0 aromatic carbocycles. The number of nitrogens with zero attached hydrogens (tertiary/aromatic N) is 3. The summed E-state index contributed by atoms with van der Waals surface area (Å²) >= 11 is 3.46. The first-order chi connectivity index (χ1) is 8.63. The summed E-state index contributed by atoms with van der Waals surface area (Å²) in [4.78, 5) is 21.8. The van der Waals surface area contributed by atoms with Gasteiger partial charge in [0.05, 0.1) is 6.54 Å². The Labute approximate surface area is 115 Å². The lowest BCUT2D eigenvalue weighted by atomic mass is 10.3. The minimum atomic E-state index is -0.0417. The van der Waals surface area contributed by atoms with Gasteiger partial charge in [-0.15, -0.1) is 0 Å². The van der Waals surface area contributed by atoms with Crippen molar-refractivity contribution < 1.29 is 4.79 Å². The highest BCUT2D eigenvalue weighted by molar-refractivity contribution is 9.10. The normalized spacial score (nSPS) is 10.0. The summed E-state index contributed by atoms with van der Waals surface area (Å²) in [6.07, 6.45) is 2.42. The Balaban J connectivity index is 3.01. The zero-order chi connectivity index (χ0) is 13.5. The third kappa shape index (κ3) is 3.56. The Hall–Kier alpha value is -1.37. The smallest absolute Gasteiger partial charge is 0.239 e. The van der Waals surface area contributed by atoms with Crippen molar-refractivity contribution in [3.63, 3.8) is 0 Å². The molecule has 0 aliphatic rings. The highest BCUT2D eigenvalue weighted by Crippen LogP contribution is 2.29. The van der Waals surface area contributed by atoms with Gasteiger partial charge < -0.3 is 15.5 Å². The van der Waals surface area contributed by atoms with Gasteiger partial charge in [0.1, 0.15) is 22.4 Å². The molecule has 0 atom stereocenters. The maximum atomic E-state index is 11.5. The quantitative estimate of drug-likeness (QED) is 0.826. The number of hydrogen-bond acceptors (Lipinski definition) is 5. The summed E-state index contributed by atoms with van der Waals surface area (Å²) in [5.74, 6) is 1.39. The van der Waals surface area contributed by atoms with E-state index in [9.17, 15) is 4.79 Å². The van der Waals surface area contributed by atoms with Crippen LogP contribution in [0.25, 0.3) is 0 Å². The van der Waals surface area contributed by atoms with Crippen molar-refractivity contribution in [2.24, 2.45) is 0 Å². The van der Waals surface area contributed by atoms with Gasteiger partial charge in [0, 0.05) is 20.6 Å². The van der Waals surface area contributed by atoms with Gasteiger partial charge in [-0.05, 0) is 22.4 Å². The number of likely N-dealkylation sites (N-methyl/N-ethyl adjacent to an activating group) is 1. The number of aromatic nitrogens is 2. The number of anilines is 2. The van der Waals surface area contributed by atoms with Crippen molar-refractivity contribution in [2.75, 3.05) is 37.4 Å². The molecule has 0 bridgehead atoms. The predicted octanol–water partition coefficient (Wildman–Crippen LogP) is 1.24. The fourth-order valence-corrected chi connectivity index (χ4v) is 2.19. The second-order valence-corrected chi connectivity index (χ2v) is 4.50. The lowest BCUT2D eigenvalue weighted by Crippen LogP contribution is -2.36. The number of hydrogen-bond donors (Lipinski definition) is 2. The van der Waals surface area contributed by atoms with Crippen LogP contribution in [0.15, 0.2) is 10.8 Å². The SMILES string of the molecule is CCCN(CC(=O)NC)c1ncnc(NC)c1Br. The number of carbonyl (C=O) groups is 1. The van der Waals surface area contributed by atoms with Crippen LogP contribution in [0.1, 0.15) is 13.3 Å². The van der Waals surface area contributed by atoms with E-state index in [1.54, 1.807) is 14.1 Å². The number of amides is 1. The Morgan fingerprint density at radius 2 is 2.17 bits per heavy atom. The van der Waals surface area contributed by atoms with E-state index >= 15 is 0 Å². The van der Waals surface area contributed by atoms with Crippen LogP contribution in [0.5, 0.6) is 0 Å². The van der Waals surface area contributed by atoms with Crippen LogP contribution in [-0.4, -0.2) is 43.1 Å². The number of halogens is 1. The standard InChI is InChI=1S/C11H18BrN5O/c1-4-5-17(6-8(18)13-2)11-9(12)10(14-3)15-7-16-11/h7H,4-6H2,1-3H3,(H,13,18)(H,14,15,16). The predicted molar refractivity (Wildman–Crippen MR) is 75.8 cm³/mol. The topological polar surface area (TPSA) is 70.2 Å².